The smallest absolute Gasteiger partial charge is 0.239 e. The van der Waals surface area contributed by atoms with E-state index in [2.05, 4.69) is 20.4 Å². The van der Waals surface area contributed by atoms with Crippen LogP contribution in [-0.4, -0.2) is 35.2 Å². The fourth-order valence-electron chi connectivity index (χ4n) is 3.01. The number of H-pyrrole nitrogens is 1. The number of aromatic amines is 1. The Balaban J connectivity index is 1.58. The molecule has 1 aromatic rings. The molecule has 2 aliphatic rings. The maximum Gasteiger partial charge on any atom is 0.239 e. The molecule has 0 bridgehead atoms. The number of hydrogen-bond donors (Lipinski definition) is 2. The van der Waals surface area contributed by atoms with Crippen molar-refractivity contribution >= 4 is 11.6 Å². The van der Waals surface area contributed by atoms with E-state index in [1.807, 2.05) is 6.20 Å². The summed E-state index contributed by atoms with van der Waals surface area (Å²) in [7, 11) is 0. The maximum absolute atomic E-state index is 12.0. The van der Waals surface area contributed by atoms with Crippen molar-refractivity contribution in [1.29, 1.82) is 0 Å². The minimum absolute atomic E-state index is 0.149. The van der Waals surface area contributed by atoms with E-state index < -0.39 is 0 Å². The number of carbonyl (C=O) groups excluding carboxylic acids is 1. The van der Waals surface area contributed by atoms with Crippen molar-refractivity contribution in [2.24, 2.45) is 0 Å². The van der Waals surface area contributed by atoms with Gasteiger partial charge in [-0.1, -0.05) is 12.8 Å². The lowest BCUT2D eigenvalue weighted by molar-refractivity contribution is -0.120. The van der Waals surface area contributed by atoms with Gasteiger partial charge in [0.25, 0.3) is 0 Å². The highest BCUT2D eigenvalue weighted by molar-refractivity contribution is 5.82. The Morgan fingerprint density at radius 2 is 2.28 bits per heavy atom. The normalized spacial score (nSPS) is 19.9. The van der Waals surface area contributed by atoms with Gasteiger partial charge in [-0.15, -0.1) is 0 Å². The molecule has 2 heterocycles. The number of aryl methyl sites for hydroxylation is 1. The summed E-state index contributed by atoms with van der Waals surface area (Å²) in [5.41, 5.74) is 2.26. The van der Waals surface area contributed by atoms with Gasteiger partial charge < -0.3 is 10.2 Å². The van der Waals surface area contributed by atoms with E-state index in [4.69, 9.17) is 0 Å². The molecule has 1 aliphatic carbocycles. The van der Waals surface area contributed by atoms with E-state index in [0.717, 1.165) is 43.6 Å². The Morgan fingerprint density at radius 1 is 1.44 bits per heavy atom. The van der Waals surface area contributed by atoms with Gasteiger partial charge in [0.2, 0.25) is 5.91 Å². The van der Waals surface area contributed by atoms with Crippen LogP contribution < -0.4 is 10.2 Å². The third-order valence-corrected chi connectivity index (χ3v) is 3.95. The first-order valence-electron chi connectivity index (χ1n) is 6.89. The van der Waals surface area contributed by atoms with Crippen molar-refractivity contribution in [3.05, 3.63) is 11.9 Å². The number of fused-ring (bicyclic) bond motifs is 1. The van der Waals surface area contributed by atoms with E-state index in [-0.39, 0.29) is 5.91 Å². The van der Waals surface area contributed by atoms with Crippen molar-refractivity contribution in [3.63, 3.8) is 0 Å². The highest BCUT2D eigenvalue weighted by atomic mass is 16.2. The van der Waals surface area contributed by atoms with Crippen LogP contribution in [0.5, 0.6) is 0 Å². The number of amides is 1. The maximum atomic E-state index is 12.0. The third-order valence-electron chi connectivity index (χ3n) is 3.95. The number of aromatic nitrogens is 2. The lowest BCUT2D eigenvalue weighted by atomic mass is 10.1. The summed E-state index contributed by atoms with van der Waals surface area (Å²) >= 11 is 0. The van der Waals surface area contributed by atoms with Gasteiger partial charge in [-0.25, -0.2) is 0 Å². The molecule has 1 aliphatic heterocycles. The summed E-state index contributed by atoms with van der Waals surface area (Å²) in [6.07, 6.45) is 8.74. The molecule has 5 nitrogen and oxygen atoms in total. The Bertz CT molecular complexity index is 422. The van der Waals surface area contributed by atoms with Crippen LogP contribution in [0.15, 0.2) is 6.20 Å². The van der Waals surface area contributed by atoms with Crippen molar-refractivity contribution in [1.82, 2.24) is 15.5 Å². The van der Waals surface area contributed by atoms with Gasteiger partial charge in [0, 0.05) is 12.6 Å². The van der Waals surface area contributed by atoms with Crippen LogP contribution in [0.4, 0.5) is 5.69 Å². The summed E-state index contributed by atoms with van der Waals surface area (Å²) in [6.45, 7) is 1.41. The molecule has 5 heteroatoms. The molecule has 1 amide bonds. The zero-order valence-corrected chi connectivity index (χ0v) is 10.6. The second-order valence-corrected chi connectivity index (χ2v) is 5.31. The van der Waals surface area contributed by atoms with Gasteiger partial charge in [0.15, 0.2) is 0 Å². The predicted octanol–water partition coefficient (Wildman–Crippen LogP) is 1.22. The number of rotatable bonds is 3. The molecule has 1 aromatic heterocycles. The standard InChI is InChI=1S/C13H20N4O/c18-13(15-10-4-1-2-5-10)9-17-7-3-6-11-12(17)8-14-16-11/h8,10H,1-7,9H2,(H,14,16)(H,15,18). The van der Waals surface area contributed by atoms with E-state index in [1.165, 1.54) is 12.8 Å². The first kappa shape index (κ1) is 11.6. The van der Waals surface area contributed by atoms with Gasteiger partial charge in [0.05, 0.1) is 24.1 Å². The molecule has 2 N–H and O–H groups in total. The van der Waals surface area contributed by atoms with E-state index in [0.29, 0.717) is 12.6 Å². The van der Waals surface area contributed by atoms with Crippen molar-refractivity contribution < 1.29 is 4.79 Å². The minimum atomic E-state index is 0.149. The van der Waals surface area contributed by atoms with Crippen molar-refractivity contribution in [2.45, 2.75) is 44.6 Å². The number of carbonyl (C=O) groups is 1. The Kier molecular flexibility index (Phi) is 3.21. The number of nitrogens with zero attached hydrogens (tertiary/aromatic N) is 2. The van der Waals surface area contributed by atoms with Crippen LogP contribution in [0.2, 0.25) is 0 Å². The molecule has 0 atom stereocenters. The monoisotopic (exact) mass is 248 g/mol. The molecule has 0 saturated heterocycles. The molecule has 98 valence electrons. The Morgan fingerprint density at radius 3 is 3.11 bits per heavy atom. The molecular formula is C13H20N4O. The van der Waals surface area contributed by atoms with Crippen LogP contribution in [0.25, 0.3) is 0 Å². The summed E-state index contributed by atoms with van der Waals surface area (Å²) < 4.78 is 0. The first-order valence-corrected chi connectivity index (χ1v) is 6.89. The van der Waals surface area contributed by atoms with Gasteiger partial charge >= 0.3 is 0 Å². The highest BCUT2D eigenvalue weighted by Gasteiger charge is 2.22. The average Bonchev–Trinajstić information content (AvgIpc) is 2.99. The van der Waals surface area contributed by atoms with Crippen molar-refractivity contribution in [2.75, 3.05) is 18.0 Å². The summed E-state index contributed by atoms with van der Waals surface area (Å²) in [6, 6.07) is 0.408. The quantitative estimate of drug-likeness (QED) is 0.845. The SMILES string of the molecule is O=C(CN1CCCc2[nH]ncc21)NC1CCCC1. The van der Waals surface area contributed by atoms with Crippen LogP contribution in [0.1, 0.15) is 37.8 Å². The van der Waals surface area contributed by atoms with E-state index >= 15 is 0 Å². The molecule has 1 fully saturated rings. The largest absolute Gasteiger partial charge is 0.359 e. The Labute approximate surface area is 107 Å². The fraction of sp³-hybridized carbons (Fsp3) is 0.692. The van der Waals surface area contributed by atoms with Crippen LogP contribution in [-0.2, 0) is 11.2 Å². The lowest BCUT2D eigenvalue weighted by Gasteiger charge is -2.28. The number of anilines is 1. The van der Waals surface area contributed by atoms with Crippen LogP contribution in [0.3, 0.4) is 0 Å². The minimum Gasteiger partial charge on any atom is -0.359 e. The van der Waals surface area contributed by atoms with E-state index in [9.17, 15) is 4.79 Å². The zero-order valence-electron chi connectivity index (χ0n) is 10.6. The second kappa shape index (κ2) is 5.00. The number of nitrogens with one attached hydrogen (secondary N) is 2. The van der Waals surface area contributed by atoms with Gasteiger partial charge in [-0.05, 0) is 25.7 Å². The third kappa shape index (κ3) is 2.35. The van der Waals surface area contributed by atoms with Crippen LogP contribution >= 0.6 is 0 Å². The summed E-state index contributed by atoms with van der Waals surface area (Å²) in [4.78, 5) is 14.1. The molecule has 1 saturated carbocycles. The summed E-state index contributed by atoms with van der Waals surface area (Å²) in [5, 5.41) is 10.2. The Hall–Kier alpha value is -1.52. The molecule has 18 heavy (non-hydrogen) atoms. The molecular weight excluding hydrogens is 228 g/mol. The fourth-order valence-corrected chi connectivity index (χ4v) is 3.01. The second-order valence-electron chi connectivity index (χ2n) is 5.31. The molecule has 0 unspecified atom stereocenters. The first-order chi connectivity index (χ1) is 8.83. The van der Waals surface area contributed by atoms with Gasteiger partial charge in [0.1, 0.15) is 0 Å². The molecule has 0 aromatic carbocycles. The van der Waals surface area contributed by atoms with Crippen molar-refractivity contribution in [3.8, 4) is 0 Å². The highest BCUT2D eigenvalue weighted by Crippen LogP contribution is 2.24. The average molecular weight is 248 g/mol. The molecule has 3 rings (SSSR count). The zero-order chi connectivity index (χ0) is 12.4. The van der Waals surface area contributed by atoms with Crippen LogP contribution in [0, 0.1) is 0 Å². The summed E-state index contributed by atoms with van der Waals surface area (Å²) in [5.74, 6) is 0.149. The topological polar surface area (TPSA) is 61.0 Å². The lowest BCUT2D eigenvalue weighted by Crippen LogP contribution is -2.42. The van der Waals surface area contributed by atoms with Gasteiger partial charge in [-0.3, -0.25) is 9.89 Å². The predicted molar refractivity (Wildman–Crippen MR) is 69.5 cm³/mol. The number of hydrogen-bond acceptors (Lipinski definition) is 3. The molecule has 0 radical (unpaired) electrons. The molecule has 0 spiro atoms. The van der Waals surface area contributed by atoms with Gasteiger partial charge in [-0.2, -0.15) is 5.10 Å². The van der Waals surface area contributed by atoms with E-state index in [1.54, 1.807) is 0 Å².